The average Bonchev–Trinajstić information content (AvgIpc) is 2.78. The highest BCUT2D eigenvalue weighted by Gasteiger charge is 2.31. The zero-order valence-electron chi connectivity index (χ0n) is 18.3. The van der Waals surface area contributed by atoms with Gasteiger partial charge in [-0.3, -0.25) is 9.59 Å². The number of hydrogen-bond acceptors (Lipinski definition) is 4. The van der Waals surface area contributed by atoms with Crippen molar-refractivity contribution in [2.45, 2.75) is 32.7 Å². The fourth-order valence-corrected chi connectivity index (χ4v) is 3.83. The van der Waals surface area contributed by atoms with Crippen molar-refractivity contribution in [1.29, 1.82) is 0 Å². The Hall–Kier alpha value is -3.32. The number of H-pyrrole nitrogens is 1. The van der Waals surface area contributed by atoms with Crippen molar-refractivity contribution in [1.82, 2.24) is 20.4 Å². The first-order valence-corrected chi connectivity index (χ1v) is 10.9. The number of aromatic nitrogens is 2. The Morgan fingerprint density at radius 1 is 1.25 bits per heavy atom. The van der Waals surface area contributed by atoms with Crippen molar-refractivity contribution in [3.8, 4) is 0 Å². The van der Waals surface area contributed by atoms with Crippen LogP contribution >= 0.6 is 0 Å². The maximum Gasteiger partial charge on any atom is 0.272 e. The molecule has 0 unspecified atom stereocenters. The predicted octanol–water partition coefficient (Wildman–Crippen LogP) is 3.42. The van der Waals surface area contributed by atoms with Gasteiger partial charge in [0.1, 0.15) is 5.82 Å². The molecule has 1 amide bonds. The van der Waals surface area contributed by atoms with Crippen LogP contribution in [0.5, 0.6) is 0 Å². The number of carbonyl (C=O) groups is 1. The minimum Gasteiger partial charge on any atom is -0.335 e. The first kappa shape index (κ1) is 21.9. The number of fused-ring (bicyclic) bond motifs is 1. The third-order valence-electron chi connectivity index (χ3n) is 5.99. The van der Waals surface area contributed by atoms with E-state index in [0.29, 0.717) is 30.6 Å². The summed E-state index contributed by atoms with van der Waals surface area (Å²) in [5, 5.41) is 11.4. The van der Waals surface area contributed by atoms with Gasteiger partial charge in [0.2, 0.25) is 0 Å². The fourth-order valence-electron chi connectivity index (χ4n) is 3.83. The monoisotopic (exact) mass is 434 g/mol. The number of hydrogen-bond donors (Lipinski definition) is 2. The molecule has 7 heteroatoms. The van der Waals surface area contributed by atoms with Gasteiger partial charge in [-0.1, -0.05) is 42.8 Å². The summed E-state index contributed by atoms with van der Waals surface area (Å²) < 4.78 is 14.5. The van der Waals surface area contributed by atoms with Crippen molar-refractivity contribution >= 4 is 16.7 Å². The maximum absolute atomic E-state index is 14.5. The van der Waals surface area contributed by atoms with Crippen molar-refractivity contribution in [2.24, 2.45) is 0 Å². The predicted molar refractivity (Wildman–Crippen MR) is 123 cm³/mol. The molecule has 6 nitrogen and oxygen atoms in total. The van der Waals surface area contributed by atoms with Crippen LogP contribution in [-0.4, -0.2) is 46.7 Å². The summed E-state index contributed by atoms with van der Waals surface area (Å²) in [6, 6.07) is 12.0. The van der Waals surface area contributed by atoms with E-state index >= 15 is 0 Å². The SMILES string of the molecule is CCC(C)=CCNC1CN(C(=O)c2cc(Cc3n[nH]c(=O)c4ccccc34)ccc2F)C1. The lowest BCUT2D eigenvalue weighted by atomic mass is 10.0. The molecule has 3 aromatic rings. The summed E-state index contributed by atoms with van der Waals surface area (Å²) in [5.74, 6) is -0.835. The third-order valence-corrected chi connectivity index (χ3v) is 5.99. The summed E-state index contributed by atoms with van der Waals surface area (Å²) in [6.07, 6.45) is 3.56. The van der Waals surface area contributed by atoms with Crippen LogP contribution < -0.4 is 10.9 Å². The Morgan fingerprint density at radius 3 is 2.75 bits per heavy atom. The second-order valence-corrected chi connectivity index (χ2v) is 8.26. The van der Waals surface area contributed by atoms with Gasteiger partial charge < -0.3 is 10.2 Å². The number of allylic oxidation sites excluding steroid dienone is 1. The van der Waals surface area contributed by atoms with Gasteiger partial charge in [0.25, 0.3) is 11.5 Å². The van der Waals surface area contributed by atoms with Crippen LogP contribution in [0.2, 0.25) is 0 Å². The normalized spacial score (nSPS) is 14.6. The quantitative estimate of drug-likeness (QED) is 0.559. The van der Waals surface area contributed by atoms with Gasteiger partial charge in [0.15, 0.2) is 0 Å². The van der Waals surface area contributed by atoms with E-state index in [0.717, 1.165) is 23.9 Å². The highest BCUT2D eigenvalue weighted by Crippen LogP contribution is 2.21. The van der Waals surface area contributed by atoms with Crippen LogP contribution in [0.15, 0.2) is 58.9 Å². The second-order valence-electron chi connectivity index (χ2n) is 8.26. The fraction of sp³-hybridized carbons (Fsp3) is 0.320. The molecule has 0 bridgehead atoms. The minimum atomic E-state index is -0.532. The van der Waals surface area contributed by atoms with Crippen LogP contribution in [0.4, 0.5) is 4.39 Å². The molecule has 0 radical (unpaired) electrons. The van der Waals surface area contributed by atoms with Gasteiger partial charge in [-0.2, -0.15) is 5.10 Å². The van der Waals surface area contributed by atoms with Gasteiger partial charge in [-0.15, -0.1) is 0 Å². The molecule has 0 saturated carbocycles. The molecular weight excluding hydrogens is 407 g/mol. The summed E-state index contributed by atoms with van der Waals surface area (Å²) in [6.45, 7) is 6.12. The number of halogens is 1. The van der Waals surface area contributed by atoms with Gasteiger partial charge in [-0.25, -0.2) is 9.49 Å². The summed E-state index contributed by atoms with van der Waals surface area (Å²) in [5.41, 5.74) is 2.58. The molecule has 1 aliphatic rings. The van der Waals surface area contributed by atoms with E-state index in [1.54, 1.807) is 29.2 Å². The number of carbonyl (C=O) groups excluding carboxylic acids is 1. The summed E-state index contributed by atoms with van der Waals surface area (Å²) in [4.78, 5) is 26.5. The van der Waals surface area contributed by atoms with Crippen LogP contribution in [0.1, 0.15) is 41.9 Å². The molecule has 0 aliphatic carbocycles. The molecular formula is C25H27FN4O2. The van der Waals surface area contributed by atoms with Crippen LogP contribution in [0.25, 0.3) is 10.8 Å². The van der Waals surface area contributed by atoms with Crippen LogP contribution in [0.3, 0.4) is 0 Å². The molecule has 0 atom stereocenters. The number of amides is 1. The van der Waals surface area contributed by atoms with E-state index in [1.807, 2.05) is 12.1 Å². The standard InChI is InChI=1S/C25H27FN4O2/c1-3-16(2)10-11-27-18-14-30(15-18)25(32)21-12-17(8-9-22(21)26)13-23-19-6-4-5-7-20(19)24(31)29-28-23/h4-10,12,18,27H,3,11,13-15H2,1-2H3,(H,29,31). The highest BCUT2D eigenvalue weighted by atomic mass is 19.1. The van der Waals surface area contributed by atoms with Crippen molar-refractivity contribution in [3.63, 3.8) is 0 Å². The Morgan fingerprint density at radius 2 is 2.00 bits per heavy atom. The molecule has 0 spiro atoms. The molecule has 1 aliphatic heterocycles. The number of rotatable bonds is 7. The molecule has 1 aromatic heterocycles. The lowest BCUT2D eigenvalue weighted by Crippen LogP contribution is -2.59. The number of likely N-dealkylation sites (tertiary alicyclic amines) is 1. The van der Waals surface area contributed by atoms with E-state index < -0.39 is 5.82 Å². The molecule has 32 heavy (non-hydrogen) atoms. The largest absolute Gasteiger partial charge is 0.335 e. The van der Waals surface area contributed by atoms with Gasteiger partial charge in [-0.05, 0) is 37.1 Å². The molecule has 4 rings (SSSR count). The Bertz CT molecular complexity index is 1230. The van der Waals surface area contributed by atoms with Gasteiger partial charge in [0, 0.05) is 37.5 Å². The van der Waals surface area contributed by atoms with Crippen molar-refractivity contribution in [3.05, 3.63) is 87.1 Å². The Labute approximate surface area is 186 Å². The minimum absolute atomic E-state index is 0.0661. The molecule has 2 heterocycles. The first-order valence-electron chi connectivity index (χ1n) is 10.9. The van der Waals surface area contributed by atoms with E-state index in [9.17, 15) is 14.0 Å². The maximum atomic E-state index is 14.5. The van der Waals surface area contributed by atoms with E-state index in [2.05, 4.69) is 35.4 Å². The number of nitrogens with zero attached hydrogens (tertiary/aromatic N) is 2. The Kier molecular flexibility index (Phi) is 6.46. The van der Waals surface area contributed by atoms with Crippen molar-refractivity contribution in [2.75, 3.05) is 19.6 Å². The molecule has 1 saturated heterocycles. The van der Waals surface area contributed by atoms with Crippen molar-refractivity contribution < 1.29 is 9.18 Å². The van der Waals surface area contributed by atoms with E-state index in [4.69, 9.17) is 0 Å². The molecule has 2 N–H and O–H groups in total. The molecule has 166 valence electrons. The summed E-state index contributed by atoms with van der Waals surface area (Å²) >= 11 is 0. The lowest BCUT2D eigenvalue weighted by Gasteiger charge is -2.39. The zero-order valence-corrected chi connectivity index (χ0v) is 18.3. The topological polar surface area (TPSA) is 78.1 Å². The first-order chi connectivity index (χ1) is 15.5. The third kappa shape index (κ3) is 4.62. The van der Waals surface area contributed by atoms with Gasteiger partial charge >= 0.3 is 0 Å². The average molecular weight is 435 g/mol. The lowest BCUT2D eigenvalue weighted by molar-refractivity contribution is 0.0567. The number of benzene rings is 2. The number of nitrogens with one attached hydrogen (secondary N) is 2. The zero-order chi connectivity index (χ0) is 22.7. The second kappa shape index (κ2) is 9.44. The highest BCUT2D eigenvalue weighted by molar-refractivity contribution is 5.95. The summed E-state index contributed by atoms with van der Waals surface area (Å²) in [7, 11) is 0. The Balaban J connectivity index is 1.46. The van der Waals surface area contributed by atoms with Crippen LogP contribution in [0, 0.1) is 5.82 Å². The smallest absolute Gasteiger partial charge is 0.272 e. The van der Waals surface area contributed by atoms with E-state index in [1.165, 1.54) is 11.6 Å². The van der Waals surface area contributed by atoms with Crippen LogP contribution in [-0.2, 0) is 6.42 Å². The number of aromatic amines is 1. The van der Waals surface area contributed by atoms with E-state index in [-0.39, 0.29) is 23.1 Å². The van der Waals surface area contributed by atoms with Gasteiger partial charge in [0.05, 0.1) is 16.6 Å². The molecule has 1 fully saturated rings. The molecule has 2 aromatic carbocycles.